The van der Waals surface area contributed by atoms with Crippen molar-refractivity contribution < 1.29 is 69.6 Å². The van der Waals surface area contributed by atoms with Crippen molar-refractivity contribution in [1.29, 1.82) is 0 Å². The Bertz CT molecular complexity index is 294. The topological polar surface area (TPSA) is 112 Å². The molecule has 0 aliphatic heterocycles. The first-order valence-corrected chi connectivity index (χ1v) is 8.73. The Hall–Kier alpha value is -0.265. The molecule has 0 bridgehead atoms. The smallest absolute Gasteiger partial charge is 0.306 e. The van der Waals surface area contributed by atoms with Gasteiger partial charge in [-0.2, -0.15) is 0 Å². The number of hydrogen-bond donors (Lipinski definition) is 3. The number of aliphatic carboxylic acids is 3. The molecular formula is C18H36GdO6. The van der Waals surface area contributed by atoms with Crippen molar-refractivity contribution in [2.75, 3.05) is 0 Å². The van der Waals surface area contributed by atoms with Crippen LogP contribution >= 0.6 is 0 Å². The van der Waals surface area contributed by atoms with Crippen LogP contribution in [0.15, 0.2) is 0 Å². The summed E-state index contributed by atoms with van der Waals surface area (Å²) in [5.41, 5.74) is 0. The molecule has 0 rings (SSSR count). The van der Waals surface area contributed by atoms with Gasteiger partial charge >= 0.3 is 17.9 Å². The summed E-state index contributed by atoms with van der Waals surface area (Å²) in [6.45, 7) is 11.1. The second kappa shape index (κ2) is 21.8. The molecule has 0 radical (unpaired) electrons. The summed E-state index contributed by atoms with van der Waals surface area (Å²) in [5, 5.41) is 24.9. The van der Waals surface area contributed by atoms with E-state index in [1.807, 2.05) is 20.8 Å². The largest absolute Gasteiger partial charge is 0.481 e. The van der Waals surface area contributed by atoms with Crippen LogP contribution in [0.4, 0.5) is 0 Å². The van der Waals surface area contributed by atoms with Gasteiger partial charge in [0.15, 0.2) is 0 Å². The van der Waals surface area contributed by atoms with Crippen LogP contribution in [0.5, 0.6) is 0 Å². The molecule has 0 fully saturated rings. The van der Waals surface area contributed by atoms with Crippen LogP contribution < -0.4 is 0 Å². The fraction of sp³-hybridized carbons (Fsp3) is 0.833. The van der Waals surface area contributed by atoms with E-state index in [0.29, 0.717) is 0 Å². The van der Waals surface area contributed by atoms with E-state index in [-0.39, 0.29) is 57.7 Å². The third-order valence-corrected chi connectivity index (χ3v) is 3.43. The zero-order valence-corrected chi connectivity index (χ0v) is 18.7. The second-order valence-corrected chi connectivity index (χ2v) is 6.08. The summed E-state index contributed by atoms with van der Waals surface area (Å²) >= 11 is 0. The van der Waals surface area contributed by atoms with Gasteiger partial charge in [0.25, 0.3) is 0 Å². The number of hydrogen-bond acceptors (Lipinski definition) is 3. The SMILES string of the molecule is CCCC(C)C(=O)O.CCCC(C)C(=O)O.CCCC(C)C(=O)O.[Gd]. The second-order valence-electron chi connectivity index (χ2n) is 6.08. The van der Waals surface area contributed by atoms with Gasteiger partial charge in [-0.1, -0.05) is 60.8 Å². The third-order valence-electron chi connectivity index (χ3n) is 3.43. The van der Waals surface area contributed by atoms with E-state index >= 15 is 0 Å². The molecule has 0 aliphatic carbocycles. The first kappa shape index (κ1) is 32.4. The van der Waals surface area contributed by atoms with E-state index in [4.69, 9.17) is 15.3 Å². The maximum Gasteiger partial charge on any atom is 0.306 e. The van der Waals surface area contributed by atoms with Gasteiger partial charge in [-0.25, -0.2) is 0 Å². The molecule has 7 heteroatoms. The number of carboxylic acid groups (broad SMARTS) is 3. The van der Waals surface area contributed by atoms with Crippen LogP contribution in [0.1, 0.15) is 80.1 Å². The average molecular weight is 506 g/mol. The molecule has 0 aliphatic rings. The number of carboxylic acids is 3. The molecule has 0 saturated heterocycles. The zero-order valence-electron chi connectivity index (χ0n) is 16.4. The van der Waals surface area contributed by atoms with Crippen molar-refractivity contribution in [3.05, 3.63) is 0 Å². The predicted molar refractivity (Wildman–Crippen MR) is 95.1 cm³/mol. The van der Waals surface area contributed by atoms with E-state index in [2.05, 4.69) is 0 Å². The van der Waals surface area contributed by atoms with Crippen molar-refractivity contribution in [3.63, 3.8) is 0 Å². The maximum atomic E-state index is 10.1. The van der Waals surface area contributed by atoms with E-state index in [1.165, 1.54) is 0 Å². The Kier molecular flexibility index (Phi) is 28.2. The zero-order chi connectivity index (χ0) is 19.7. The standard InChI is InChI=1S/3C6H12O2.Gd/c3*1-3-4-5(2)6(7)8;/h3*5H,3-4H2,1-2H3,(H,7,8);. The van der Waals surface area contributed by atoms with Gasteiger partial charge in [0.2, 0.25) is 0 Å². The molecule has 152 valence electrons. The van der Waals surface area contributed by atoms with Crippen LogP contribution in [-0.4, -0.2) is 33.2 Å². The van der Waals surface area contributed by atoms with Crippen LogP contribution in [0, 0.1) is 57.7 Å². The van der Waals surface area contributed by atoms with Crippen LogP contribution in [-0.2, 0) is 14.4 Å². The minimum atomic E-state index is -0.688. The van der Waals surface area contributed by atoms with Crippen LogP contribution in [0.2, 0.25) is 0 Å². The molecule has 0 heterocycles. The van der Waals surface area contributed by atoms with Gasteiger partial charge in [-0.15, -0.1) is 0 Å². The number of rotatable bonds is 9. The van der Waals surface area contributed by atoms with Gasteiger partial charge in [0.05, 0.1) is 17.8 Å². The normalized spacial score (nSPS) is 12.7. The van der Waals surface area contributed by atoms with Gasteiger partial charge in [-0.05, 0) is 19.3 Å². The quantitative estimate of drug-likeness (QED) is 0.425. The molecule has 25 heavy (non-hydrogen) atoms. The summed E-state index contributed by atoms with van der Waals surface area (Å²) in [5.74, 6) is -2.56. The molecule has 6 nitrogen and oxygen atoms in total. The monoisotopic (exact) mass is 506 g/mol. The summed E-state index contributed by atoms with van der Waals surface area (Å²) in [6.07, 6.45) is 5.22. The van der Waals surface area contributed by atoms with Crippen molar-refractivity contribution in [3.8, 4) is 0 Å². The molecule has 0 amide bonds. The van der Waals surface area contributed by atoms with E-state index < -0.39 is 17.9 Å². The summed E-state index contributed by atoms with van der Waals surface area (Å²) in [7, 11) is 0. The number of carbonyl (C=O) groups is 3. The first-order valence-electron chi connectivity index (χ1n) is 8.73. The van der Waals surface area contributed by atoms with Crippen molar-refractivity contribution in [2.45, 2.75) is 80.1 Å². The molecule has 0 aromatic carbocycles. The predicted octanol–water partition coefficient (Wildman–Crippen LogP) is 4.52. The minimum absolute atomic E-state index is 0. The van der Waals surface area contributed by atoms with Gasteiger partial charge in [0, 0.05) is 39.9 Å². The van der Waals surface area contributed by atoms with Gasteiger partial charge in [0.1, 0.15) is 0 Å². The van der Waals surface area contributed by atoms with Gasteiger partial charge < -0.3 is 15.3 Å². The minimum Gasteiger partial charge on any atom is -0.481 e. The van der Waals surface area contributed by atoms with Crippen molar-refractivity contribution in [1.82, 2.24) is 0 Å². The van der Waals surface area contributed by atoms with E-state index in [1.54, 1.807) is 20.8 Å². The fourth-order valence-corrected chi connectivity index (χ4v) is 1.67. The molecule has 0 saturated carbocycles. The molecular weight excluding hydrogens is 469 g/mol. The third kappa shape index (κ3) is 26.1. The molecule has 0 spiro atoms. The Morgan fingerprint density at radius 2 is 0.760 bits per heavy atom. The molecule has 3 unspecified atom stereocenters. The van der Waals surface area contributed by atoms with E-state index in [0.717, 1.165) is 38.5 Å². The van der Waals surface area contributed by atoms with Gasteiger partial charge in [-0.3, -0.25) is 14.4 Å². The molecule has 3 atom stereocenters. The molecule has 0 aromatic rings. The first-order chi connectivity index (χ1) is 11.0. The maximum absolute atomic E-state index is 10.1. The van der Waals surface area contributed by atoms with Crippen molar-refractivity contribution >= 4 is 17.9 Å². The van der Waals surface area contributed by atoms with Crippen LogP contribution in [0.3, 0.4) is 0 Å². The summed E-state index contributed by atoms with van der Waals surface area (Å²) in [6, 6.07) is 0. The Morgan fingerprint density at radius 1 is 0.600 bits per heavy atom. The van der Waals surface area contributed by atoms with E-state index in [9.17, 15) is 14.4 Å². The molecule has 0 aromatic heterocycles. The Balaban J connectivity index is -0.000000130. The Labute approximate surface area is 184 Å². The van der Waals surface area contributed by atoms with Crippen molar-refractivity contribution in [2.24, 2.45) is 17.8 Å². The summed E-state index contributed by atoms with van der Waals surface area (Å²) < 4.78 is 0. The molecule has 3 N–H and O–H groups in total. The Morgan fingerprint density at radius 3 is 0.800 bits per heavy atom. The summed E-state index contributed by atoms with van der Waals surface area (Å²) in [4.78, 5) is 30.3. The fourth-order valence-electron chi connectivity index (χ4n) is 1.67. The van der Waals surface area contributed by atoms with Crippen LogP contribution in [0.25, 0.3) is 0 Å². The average Bonchev–Trinajstić information content (AvgIpc) is 2.49.